The Morgan fingerprint density at radius 3 is 2.40 bits per heavy atom. The second kappa shape index (κ2) is 5.91. The molecule has 0 aromatic heterocycles. The number of nitrogens with zero attached hydrogens (tertiary/aromatic N) is 1. The van der Waals surface area contributed by atoms with Crippen molar-refractivity contribution in [3.63, 3.8) is 0 Å². The van der Waals surface area contributed by atoms with Crippen molar-refractivity contribution in [2.45, 2.75) is 52.0 Å². The molecule has 6 nitrogen and oxygen atoms in total. The van der Waals surface area contributed by atoms with Gasteiger partial charge in [-0.2, -0.15) is 0 Å². The number of amides is 3. The van der Waals surface area contributed by atoms with Crippen LogP contribution in [0.4, 0.5) is 0 Å². The fourth-order valence-corrected chi connectivity index (χ4v) is 2.37. The molecule has 1 rings (SSSR count). The van der Waals surface area contributed by atoms with E-state index in [1.807, 2.05) is 0 Å². The topological polar surface area (TPSA) is 92.5 Å². The van der Waals surface area contributed by atoms with Crippen molar-refractivity contribution in [1.29, 1.82) is 0 Å². The van der Waals surface area contributed by atoms with Crippen molar-refractivity contribution in [3.05, 3.63) is 0 Å². The van der Waals surface area contributed by atoms with Crippen LogP contribution >= 0.6 is 0 Å². The second-order valence-electron chi connectivity index (χ2n) is 6.31. The molecule has 1 unspecified atom stereocenters. The number of carbonyl (C=O) groups is 3. The Bertz CT molecular complexity index is 420. The summed E-state index contributed by atoms with van der Waals surface area (Å²) in [7, 11) is 1.70. The van der Waals surface area contributed by atoms with Gasteiger partial charge in [0.05, 0.1) is 11.0 Å². The summed E-state index contributed by atoms with van der Waals surface area (Å²) in [6.45, 7) is 5.75. The first kappa shape index (κ1) is 16.6. The van der Waals surface area contributed by atoms with E-state index in [-0.39, 0.29) is 18.2 Å². The number of rotatable bonds is 7. The van der Waals surface area contributed by atoms with Crippen LogP contribution < -0.4 is 11.1 Å². The second-order valence-corrected chi connectivity index (χ2v) is 6.31. The van der Waals surface area contributed by atoms with Crippen LogP contribution in [0.5, 0.6) is 0 Å². The predicted octanol–water partition coefficient (Wildman–Crippen LogP) is 0.405. The third-order valence-corrected chi connectivity index (χ3v) is 4.12. The van der Waals surface area contributed by atoms with E-state index in [1.165, 1.54) is 4.90 Å². The minimum Gasteiger partial charge on any atom is -0.368 e. The molecule has 114 valence electrons. The highest BCUT2D eigenvalue weighted by Gasteiger charge is 2.44. The van der Waals surface area contributed by atoms with Gasteiger partial charge in [-0.05, 0) is 33.2 Å². The van der Waals surface area contributed by atoms with E-state index in [0.29, 0.717) is 19.4 Å². The van der Waals surface area contributed by atoms with Gasteiger partial charge in [0.1, 0.15) is 0 Å². The van der Waals surface area contributed by atoms with Crippen molar-refractivity contribution in [1.82, 2.24) is 10.2 Å². The first-order valence-electron chi connectivity index (χ1n) is 6.98. The lowest BCUT2D eigenvalue weighted by atomic mass is 9.92. The molecule has 0 bridgehead atoms. The van der Waals surface area contributed by atoms with Crippen LogP contribution in [0, 0.1) is 5.41 Å². The van der Waals surface area contributed by atoms with Crippen LogP contribution in [0.25, 0.3) is 0 Å². The highest BCUT2D eigenvalue weighted by molar-refractivity contribution is 6.05. The zero-order chi connectivity index (χ0) is 15.6. The molecule has 1 aliphatic rings. The molecule has 0 radical (unpaired) electrons. The molecule has 6 heteroatoms. The lowest BCUT2D eigenvalue weighted by Crippen LogP contribution is -2.51. The lowest BCUT2D eigenvalue weighted by molar-refractivity contribution is -0.141. The van der Waals surface area contributed by atoms with Gasteiger partial charge in [0.15, 0.2) is 0 Å². The quantitative estimate of drug-likeness (QED) is 0.522. The highest BCUT2D eigenvalue weighted by atomic mass is 16.2. The number of carbonyl (C=O) groups excluding carboxylic acids is 3. The molecule has 3 N–H and O–H groups in total. The molecular weight excluding hydrogens is 258 g/mol. The third-order valence-electron chi connectivity index (χ3n) is 4.12. The SMILES string of the molecule is CNC(C)(CCCCN1C(=O)CC(C)(C)C1=O)C(N)=O. The van der Waals surface area contributed by atoms with E-state index < -0.39 is 16.9 Å². The molecule has 3 amide bonds. The van der Waals surface area contributed by atoms with Gasteiger partial charge >= 0.3 is 0 Å². The Morgan fingerprint density at radius 1 is 1.40 bits per heavy atom. The lowest BCUT2D eigenvalue weighted by Gasteiger charge is -2.25. The van der Waals surface area contributed by atoms with Crippen molar-refractivity contribution in [2.75, 3.05) is 13.6 Å². The number of likely N-dealkylation sites (N-methyl/N-ethyl adjacent to an activating group) is 1. The molecule has 0 saturated carbocycles. The van der Waals surface area contributed by atoms with Crippen LogP contribution in [0.1, 0.15) is 46.5 Å². The minimum atomic E-state index is -0.738. The fourth-order valence-electron chi connectivity index (χ4n) is 2.37. The number of unbranched alkanes of at least 4 members (excludes halogenated alkanes) is 1. The van der Waals surface area contributed by atoms with Crippen molar-refractivity contribution >= 4 is 17.7 Å². The molecule has 0 aliphatic carbocycles. The van der Waals surface area contributed by atoms with Crippen LogP contribution in [0.3, 0.4) is 0 Å². The molecule has 1 fully saturated rings. The number of likely N-dealkylation sites (tertiary alicyclic amines) is 1. The van der Waals surface area contributed by atoms with Gasteiger partial charge in [-0.25, -0.2) is 0 Å². The molecule has 20 heavy (non-hydrogen) atoms. The summed E-state index contributed by atoms with van der Waals surface area (Å²) in [5, 5.41) is 2.91. The van der Waals surface area contributed by atoms with Crippen LogP contribution in [0.2, 0.25) is 0 Å². The number of primary amides is 1. The molecule has 0 aromatic carbocycles. The van der Waals surface area contributed by atoms with Gasteiger partial charge in [0.25, 0.3) is 0 Å². The summed E-state index contributed by atoms with van der Waals surface area (Å²) in [6, 6.07) is 0. The van der Waals surface area contributed by atoms with E-state index in [2.05, 4.69) is 5.32 Å². The standard InChI is InChI=1S/C14H25N3O3/c1-13(2)9-10(18)17(12(13)20)8-6-5-7-14(3,16-4)11(15)19/h16H,5-9H2,1-4H3,(H2,15,19). The normalized spacial score (nSPS) is 21.1. The van der Waals surface area contributed by atoms with Gasteiger partial charge in [-0.1, -0.05) is 13.8 Å². The monoisotopic (exact) mass is 283 g/mol. The summed E-state index contributed by atoms with van der Waals surface area (Å²) in [6.07, 6.45) is 2.26. The first-order chi connectivity index (χ1) is 9.14. The highest BCUT2D eigenvalue weighted by Crippen LogP contribution is 2.31. The summed E-state index contributed by atoms with van der Waals surface area (Å²) in [5.74, 6) is -0.602. The molecule has 1 aliphatic heterocycles. The minimum absolute atomic E-state index is 0.103. The van der Waals surface area contributed by atoms with Crippen molar-refractivity contribution in [3.8, 4) is 0 Å². The molecule has 0 spiro atoms. The van der Waals surface area contributed by atoms with Crippen LogP contribution in [-0.2, 0) is 14.4 Å². The van der Waals surface area contributed by atoms with Crippen LogP contribution in [0.15, 0.2) is 0 Å². The maximum atomic E-state index is 12.0. The Kier molecular flexibility index (Phi) is 4.91. The maximum Gasteiger partial charge on any atom is 0.237 e. The Hall–Kier alpha value is -1.43. The summed E-state index contributed by atoms with van der Waals surface area (Å²) in [4.78, 5) is 36.5. The van der Waals surface area contributed by atoms with E-state index in [1.54, 1.807) is 27.8 Å². The predicted molar refractivity (Wildman–Crippen MR) is 75.6 cm³/mol. The van der Waals surface area contributed by atoms with E-state index in [9.17, 15) is 14.4 Å². The smallest absolute Gasteiger partial charge is 0.237 e. The average molecular weight is 283 g/mol. The van der Waals surface area contributed by atoms with E-state index in [4.69, 9.17) is 5.73 Å². The Labute approximate surface area is 120 Å². The third kappa shape index (κ3) is 3.36. The maximum absolute atomic E-state index is 12.0. The summed E-state index contributed by atoms with van der Waals surface area (Å²) in [5.41, 5.74) is 4.03. The Balaban J connectivity index is 2.44. The number of hydrogen-bond acceptors (Lipinski definition) is 4. The van der Waals surface area contributed by atoms with Crippen molar-refractivity contribution < 1.29 is 14.4 Å². The zero-order valence-electron chi connectivity index (χ0n) is 12.8. The largest absolute Gasteiger partial charge is 0.368 e. The number of hydrogen-bond donors (Lipinski definition) is 2. The number of nitrogens with two attached hydrogens (primary N) is 1. The van der Waals surface area contributed by atoms with Crippen molar-refractivity contribution in [2.24, 2.45) is 11.1 Å². The van der Waals surface area contributed by atoms with E-state index >= 15 is 0 Å². The molecule has 1 saturated heterocycles. The van der Waals surface area contributed by atoms with Gasteiger partial charge in [-0.3, -0.25) is 19.3 Å². The average Bonchev–Trinajstić information content (AvgIpc) is 2.55. The van der Waals surface area contributed by atoms with Gasteiger partial charge in [0.2, 0.25) is 17.7 Å². The first-order valence-corrected chi connectivity index (χ1v) is 6.98. The number of nitrogens with one attached hydrogen (secondary N) is 1. The van der Waals surface area contributed by atoms with E-state index in [0.717, 1.165) is 6.42 Å². The fraction of sp³-hybridized carbons (Fsp3) is 0.786. The molecule has 0 aromatic rings. The van der Waals surface area contributed by atoms with Gasteiger partial charge < -0.3 is 11.1 Å². The number of imide groups is 1. The molecule has 1 heterocycles. The Morgan fingerprint density at radius 2 is 2.00 bits per heavy atom. The zero-order valence-corrected chi connectivity index (χ0v) is 12.8. The van der Waals surface area contributed by atoms with Gasteiger partial charge in [-0.15, -0.1) is 0 Å². The molecular formula is C14H25N3O3. The van der Waals surface area contributed by atoms with Crippen LogP contribution in [-0.4, -0.2) is 41.8 Å². The molecule has 1 atom stereocenters. The van der Waals surface area contributed by atoms with Gasteiger partial charge in [0, 0.05) is 13.0 Å². The summed E-state index contributed by atoms with van der Waals surface area (Å²) < 4.78 is 0. The summed E-state index contributed by atoms with van der Waals surface area (Å²) >= 11 is 0.